The Kier molecular flexibility index (Phi) is 14.9. The molecule has 1 atom stereocenters. The Bertz CT molecular complexity index is 1040. The first-order chi connectivity index (χ1) is 18.8. The van der Waals surface area contributed by atoms with Gasteiger partial charge in [0, 0.05) is 30.1 Å². The van der Waals surface area contributed by atoms with Gasteiger partial charge < -0.3 is 4.90 Å². The molecule has 1 aromatic rings. The van der Waals surface area contributed by atoms with Crippen LogP contribution in [0.15, 0.2) is 22.8 Å². The van der Waals surface area contributed by atoms with Crippen molar-refractivity contribution in [2.24, 2.45) is 5.92 Å². The number of thiophene rings is 1. The zero-order valence-corrected chi connectivity index (χ0v) is 26.4. The van der Waals surface area contributed by atoms with Crippen LogP contribution in [0.1, 0.15) is 117 Å². The molecule has 2 rings (SSSR count). The number of hydrogen-bond donors (Lipinski definition) is 0. The minimum absolute atomic E-state index is 0.0579. The van der Waals surface area contributed by atoms with Crippen LogP contribution >= 0.6 is 22.9 Å². The topological polar surface area (TPSA) is 64.4 Å². The Morgan fingerprint density at radius 2 is 1.59 bits per heavy atom. The number of imide groups is 1. The average Bonchev–Trinajstić information content (AvgIpc) is 3.29. The zero-order chi connectivity index (χ0) is 28.8. The number of hydrogen-bond acceptors (Lipinski definition) is 5. The van der Waals surface area contributed by atoms with E-state index >= 15 is 0 Å². The molecule has 0 spiro atoms. The van der Waals surface area contributed by atoms with Crippen LogP contribution in [0.3, 0.4) is 0 Å². The largest absolute Gasteiger partial charge is 0.362 e. The second kappa shape index (κ2) is 17.6. The summed E-state index contributed by atoms with van der Waals surface area (Å²) < 4.78 is 0. The Morgan fingerprint density at radius 1 is 0.974 bits per heavy atom. The molecule has 2 amide bonds. The van der Waals surface area contributed by atoms with Crippen molar-refractivity contribution in [2.45, 2.75) is 112 Å². The van der Waals surface area contributed by atoms with Crippen molar-refractivity contribution < 1.29 is 9.59 Å². The monoisotopic (exact) mass is 573 g/mol. The van der Waals surface area contributed by atoms with E-state index in [1.54, 1.807) is 18.3 Å². The molecule has 0 fully saturated rings. The Labute approximate surface area is 245 Å². The molecule has 216 valence electrons. The Hall–Kier alpha value is -2.10. The van der Waals surface area contributed by atoms with Gasteiger partial charge in [-0.3, -0.25) is 14.5 Å². The van der Waals surface area contributed by atoms with Crippen LogP contribution in [0.5, 0.6) is 0 Å². The predicted octanol–water partition coefficient (Wildman–Crippen LogP) is 9.18. The first-order valence-electron chi connectivity index (χ1n) is 15.1. The maximum Gasteiger partial charge on any atom is 0.271 e. The van der Waals surface area contributed by atoms with Gasteiger partial charge in [0.25, 0.3) is 11.8 Å². The summed E-state index contributed by atoms with van der Waals surface area (Å²) >= 11 is 8.37. The van der Waals surface area contributed by atoms with Crippen molar-refractivity contribution in [1.29, 1.82) is 5.26 Å². The number of nitriles is 1. The number of carbonyl (C=O) groups is 2. The summed E-state index contributed by atoms with van der Waals surface area (Å²) in [6.07, 6.45) is 15.4. The van der Waals surface area contributed by atoms with E-state index in [0.717, 1.165) is 61.5 Å². The molecule has 7 heteroatoms. The van der Waals surface area contributed by atoms with Crippen molar-refractivity contribution in [2.75, 3.05) is 24.5 Å². The standard InChI is InChI=1S/C32H48ClN3O2S/c1-6-10-13-15-18-35(19-16-14-11-7-2)32-29(33)21-26(39-32)20-27-24(5)28(22-34)31(38)36(30(27)37)23-25(9-4)17-12-8-3/h20-21,25H,6-19,23H2,1-5H3/b27-20+. The molecule has 5 nitrogen and oxygen atoms in total. The van der Waals surface area contributed by atoms with E-state index in [-0.39, 0.29) is 17.4 Å². The fourth-order valence-corrected chi connectivity index (χ4v) is 6.51. The van der Waals surface area contributed by atoms with Gasteiger partial charge in [-0.05, 0) is 49.8 Å². The van der Waals surface area contributed by atoms with Crippen LogP contribution in [0.25, 0.3) is 6.08 Å². The first kappa shape index (κ1) is 33.1. The molecule has 0 saturated carbocycles. The van der Waals surface area contributed by atoms with E-state index in [1.165, 1.54) is 43.4 Å². The lowest BCUT2D eigenvalue weighted by molar-refractivity contribution is -0.141. The number of anilines is 1. The molecule has 0 aliphatic carbocycles. The van der Waals surface area contributed by atoms with Gasteiger partial charge in [0.1, 0.15) is 16.6 Å². The van der Waals surface area contributed by atoms with Crippen molar-refractivity contribution in [3.63, 3.8) is 0 Å². The zero-order valence-electron chi connectivity index (χ0n) is 24.8. The van der Waals surface area contributed by atoms with Gasteiger partial charge in [-0.15, -0.1) is 11.3 Å². The van der Waals surface area contributed by atoms with E-state index in [2.05, 4.69) is 38.7 Å². The molecule has 0 saturated heterocycles. The number of rotatable bonds is 18. The molecule has 0 radical (unpaired) electrons. The first-order valence-corrected chi connectivity index (χ1v) is 16.3. The SMILES string of the molecule is CCCCCCN(CCCCCC)c1sc(/C=C2/C(=O)N(CC(CC)CCCC)C(=O)C(C#N)=C2C)cc1Cl. The van der Waals surface area contributed by atoms with E-state index < -0.39 is 5.91 Å². The smallest absolute Gasteiger partial charge is 0.271 e. The normalized spacial score (nSPS) is 15.8. The highest BCUT2D eigenvalue weighted by Crippen LogP contribution is 2.38. The minimum atomic E-state index is -0.470. The minimum Gasteiger partial charge on any atom is -0.362 e. The van der Waals surface area contributed by atoms with Gasteiger partial charge in [-0.2, -0.15) is 5.26 Å². The summed E-state index contributed by atoms with van der Waals surface area (Å²) in [6, 6.07) is 3.99. The number of nitrogens with zero attached hydrogens (tertiary/aromatic N) is 3. The number of halogens is 1. The molecule has 1 aliphatic rings. The van der Waals surface area contributed by atoms with Crippen LogP contribution in [0.4, 0.5) is 5.00 Å². The van der Waals surface area contributed by atoms with Crippen LogP contribution < -0.4 is 4.90 Å². The molecular weight excluding hydrogens is 526 g/mol. The molecule has 2 heterocycles. The van der Waals surface area contributed by atoms with E-state index in [0.29, 0.717) is 22.7 Å². The van der Waals surface area contributed by atoms with Crippen LogP contribution in [0.2, 0.25) is 5.02 Å². The lowest BCUT2D eigenvalue weighted by atomic mass is 9.92. The fraction of sp³-hybridized carbons (Fsp3) is 0.656. The highest BCUT2D eigenvalue weighted by molar-refractivity contribution is 7.17. The van der Waals surface area contributed by atoms with Crippen molar-refractivity contribution in [3.8, 4) is 6.07 Å². The highest BCUT2D eigenvalue weighted by Gasteiger charge is 2.36. The second-order valence-corrected chi connectivity index (χ2v) is 12.2. The highest BCUT2D eigenvalue weighted by atomic mass is 35.5. The van der Waals surface area contributed by atoms with E-state index in [4.69, 9.17) is 11.6 Å². The quantitative estimate of drug-likeness (QED) is 0.0997. The third-order valence-electron chi connectivity index (χ3n) is 7.63. The van der Waals surface area contributed by atoms with Crippen molar-refractivity contribution >= 4 is 45.8 Å². The van der Waals surface area contributed by atoms with E-state index in [9.17, 15) is 14.9 Å². The summed E-state index contributed by atoms with van der Waals surface area (Å²) in [5, 5.41) is 11.5. The molecular formula is C32H48ClN3O2S. The van der Waals surface area contributed by atoms with E-state index in [1.807, 2.05) is 12.1 Å². The Balaban J connectivity index is 2.37. The molecule has 0 bridgehead atoms. The third kappa shape index (κ3) is 9.50. The maximum absolute atomic E-state index is 13.6. The van der Waals surface area contributed by atoms with Gasteiger partial charge >= 0.3 is 0 Å². The molecule has 0 aromatic carbocycles. The van der Waals surface area contributed by atoms with Gasteiger partial charge in [0.05, 0.1) is 5.02 Å². The van der Waals surface area contributed by atoms with Crippen LogP contribution in [-0.4, -0.2) is 36.3 Å². The molecule has 0 N–H and O–H groups in total. The average molecular weight is 574 g/mol. The number of amides is 2. The van der Waals surface area contributed by atoms with Crippen LogP contribution in [0, 0.1) is 17.2 Å². The molecule has 1 aliphatic heterocycles. The van der Waals surface area contributed by atoms with Crippen molar-refractivity contribution in [3.05, 3.63) is 32.7 Å². The summed E-state index contributed by atoms with van der Waals surface area (Å²) in [5.41, 5.74) is 0.924. The third-order valence-corrected chi connectivity index (χ3v) is 9.18. The fourth-order valence-electron chi connectivity index (χ4n) is 5.05. The second-order valence-electron chi connectivity index (χ2n) is 10.7. The van der Waals surface area contributed by atoms with Gasteiger partial charge in [0.2, 0.25) is 0 Å². The maximum atomic E-state index is 13.6. The van der Waals surface area contributed by atoms with Crippen LogP contribution in [-0.2, 0) is 9.59 Å². The van der Waals surface area contributed by atoms with Crippen molar-refractivity contribution in [1.82, 2.24) is 4.90 Å². The summed E-state index contributed by atoms with van der Waals surface area (Å²) in [6.45, 7) is 12.7. The molecule has 1 aromatic heterocycles. The van der Waals surface area contributed by atoms with Gasteiger partial charge in [-0.25, -0.2) is 0 Å². The lowest BCUT2D eigenvalue weighted by Gasteiger charge is -2.30. The molecule has 39 heavy (non-hydrogen) atoms. The number of unbranched alkanes of at least 4 members (excludes halogenated alkanes) is 7. The summed E-state index contributed by atoms with van der Waals surface area (Å²) in [7, 11) is 0. The summed E-state index contributed by atoms with van der Waals surface area (Å²) in [5.74, 6) is -0.551. The van der Waals surface area contributed by atoms with Gasteiger partial charge in [0.15, 0.2) is 0 Å². The molecule has 1 unspecified atom stereocenters. The lowest BCUT2D eigenvalue weighted by Crippen LogP contribution is -2.45. The predicted molar refractivity (Wildman–Crippen MR) is 166 cm³/mol. The summed E-state index contributed by atoms with van der Waals surface area (Å²) in [4.78, 5) is 31.3. The number of carbonyl (C=O) groups excluding carboxylic acids is 2. The van der Waals surface area contributed by atoms with Gasteiger partial charge in [-0.1, -0.05) is 97.1 Å². The Morgan fingerprint density at radius 3 is 2.13 bits per heavy atom.